The van der Waals surface area contributed by atoms with Crippen LogP contribution in [0.4, 0.5) is 5.82 Å². The maximum absolute atomic E-state index is 12.8. The van der Waals surface area contributed by atoms with Crippen molar-refractivity contribution in [1.82, 2.24) is 23.8 Å². The van der Waals surface area contributed by atoms with Crippen molar-refractivity contribution in [2.75, 3.05) is 18.0 Å². The molecule has 2 aromatic heterocycles. The molecule has 0 spiro atoms. The average molecular weight is 376 g/mol. The molecule has 2 aliphatic rings. The fourth-order valence-corrected chi connectivity index (χ4v) is 5.22. The zero-order valence-electron chi connectivity index (χ0n) is 15.1. The summed E-state index contributed by atoms with van der Waals surface area (Å²) in [6.07, 6.45) is 8.73. The first kappa shape index (κ1) is 17.4. The molecule has 140 valence electrons. The number of sulfonamides is 1. The molecule has 0 amide bonds. The SMILES string of the molecule is Cc1cc(N(C2CC2)C2CCN(S(=O)(=O)c3nccn3C)CC2)ncn1. The lowest BCUT2D eigenvalue weighted by Gasteiger charge is -2.38. The second-order valence-corrected chi connectivity index (χ2v) is 8.94. The van der Waals surface area contributed by atoms with Gasteiger partial charge in [0.25, 0.3) is 10.0 Å². The van der Waals surface area contributed by atoms with Crippen molar-refractivity contribution in [3.05, 3.63) is 30.5 Å². The molecular formula is C17H24N6O2S. The van der Waals surface area contributed by atoms with Crippen LogP contribution in [0.1, 0.15) is 31.4 Å². The fraction of sp³-hybridized carbons (Fsp3) is 0.588. The summed E-state index contributed by atoms with van der Waals surface area (Å²) in [5.74, 6) is 0.963. The molecule has 4 rings (SSSR count). The van der Waals surface area contributed by atoms with Gasteiger partial charge in [0.05, 0.1) is 0 Å². The number of rotatable bonds is 5. The van der Waals surface area contributed by atoms with E-state index < -0.39 is 10.0 Å². The molecule has 0 unspecified atom stereocenters. The van der Waals surface area contributed by atoms with E-state index in [-0.39, 0.29) is 5.16 Å². The second kappa shape index (κ2) is 6.62. The van der Waals surface area contributed by atoms with Gasteiger partial charge in [-0.05, 0) is 32.6 Å². The monoisotopic (exact) mass is 376 g/mol. The molecule has 0 atom stereocenters. The van der Waals surface area contributed by atoms with E-state index in [2.05, 4.69) is 19.9 Å². The lowest BCUT2D eigenvalue weighted by Crippen LogP contribution is -2.48. The van der Waals surface area contributed by atoms with Crippen LogP contribution in [0, 0.1) is 6.92 Å². The van der Waals surface area contributed by atoms with E-state index in [1.54, 1.807) is 28.4 Å². The average Bonchev–Trinajstić information content (AvgIpc) is 3.35. The van der Waals surface area contributed by atoms with Crippen LogP contribution in [-0.2, 0) is 17.1 Å². The van der Waals surface area contributed by atoms with Gasteiger partial charge in [-0.15, -0.1) is 0 Å². The largest absolute Gasteiger partial charge is 0.350 e. The minimum Gasteiger partial charge on any atom is -0.350 e. The van der Waals surface area contributed by atoms with E-state index in [1.165, 1.54) is 19.0 Å². The molecule has 2 aromatic rings. The molecule has 1 saturated heterocycles. The zero-order chi connectivity index (χ0) is 18.3. The number of anilines is 1. The van der Waals surface area contributed by atoms with Crippen molar-refractivity contribution in [1.29, 1.82) is 0 Å². The van der Waals surface area contributed by atoms with E-state index in [1.807, 2.05) is 13.0 Å². The molecule has 1 saturated carbocycles. The molecule has 0 aromatic carbocycles. The molecule has 1 aliphatic heterocycles. The number of piperidine rings is 1. The molecule has 9 heteroatoms. The van der Waals surface area contributed by atoms with Crippen LogP contribution in [-0.4, -0.2) is 57.4 Å². The third kappa shape index (κ3) is 3.21. The summed E-state index contributed by atoms with van der Waals surface area (Å²) < 4.78 is 28.7. The third-order valence-corrected chi connectivity index (χ3v) is 7.06. The highest BCUT2D eigenvalue weighted by atomic mass is 32.2. The van der Waals surface area contributed by atoms with E-state index in [4.69, 9.17) is 0 Å². The molecule has 0 radical (unpaired) electrons. The van der Waals surface area contributed by atoms with E-state index in [0.717, 1.165) is 24.4 Å². The molecule has 2 fully saturated rings. The first-order chi connectivity index (χ1) is 12.5. The quantitative estimate of drug-likeness (QED) is 0.783. The minimum absolute atomic E-state index is 0.112. The molecule has 3 heterocycles. The van der Waals surface area contributed by atoms with Crippen LogP contribution in [0.2, 0.25) is 0 Å². The minimum atomic E-state index is -3.53. The Kier molecular flexibility index (Phi) is 4.44. The Labute approximate surface area is 153 Å². The number of hydrogen-bond acceptors (Lipinski definition) is 6. The summed E-state index contributed by atoms with van der Waals surface area (Å²) in [5, 5.41) is 0.112. The predicted octanol–water partition coefficient (Wildman–Crippen LogP) is 1.34. The normalized spacial score (nSPS) is 19.6. The van der Waals surface area contributed by atoms with E-state index >= 15 is 0 Å². The van der Waals surface area contributed by atoms with Crippen molar-refractivity contribution < 1.29 is 8.42 Å². The van der Waals surface area contributed by atoms with Crippen molar-refractivity contribution in [2.45, 2.75) is 49.8 Å². The van der Waals surface area contributed by atoms with Gasteiger partial charge in [0.15, 0.2) is 0 Å². The van der Waals surface area contributed by atoms with Gasteiger partial charge in [0.2, 0.25) is 5.16 Å². The van der Waals surface area contributed by atoms with Crippen LogP contribution in [0.3, 0.4) is 0 Å². The number of aromatic nitrogens is 4. The van der Waals surface area contributed by atoms with Gasteiger partial charge in [-0.2, -0.15) is 4.31 Å². The van der Waals surface area contributed by atoms with Crippen molar-refractivity contribution in [3.63, 3.8) is 0 Å². The van der Waals surface area contributed by atoms with Gasteiger partial charge in [-0.1, -0.05) is 0 Å². The highest BCUT2D eigenvalue weighted by Crippen LogP contribution is 2.35. The van der Waals surface area contributed by atoms with Crippen LogP contribution in [0.5, 0.6) is 0 Å². The molecule has 1 aliphatic carbocycles. The van der Waals surface area contributed by atoms with Crippen LogP contribution in [0.25, 0.3) is 0 Å². The summed E-state index contributed by atoms with van der Waals surface area (Å²) >= 11 is 0. The lowest BCUT2D eigenvalue weighted by atomic mass is 10.0. The molecule has 26 heavy (non-hydrogen) atoms. The van der Waals surface area contributed by atoms with Crippen LogP contribution < -0.4 is 4.90 Å². The number of nitrogens with zero attached hydrogens (tertiary/aromatic N) is 6. The Morgan fingerprint density at radius 3 is 2.35 bits per heavy atom. The summed E-state index contributed by atoms with van der Waals surface area (Å²) in [6, 6.07) is 2.85. The molecule has 0 N–H and O–H groups in total. The van der Waals surface area contributed by atoms with Crippen LogP contribution >= 0.6 is 0 Å². The smallest absolute Gasteiger partial charge is 0.277 e. The first-order valence-electron chi connectivity index (χ1n) is 9.01. The molecular weight excluding hydrogens is 352 g/mol. The number of imidazole rings is 1. The highest BCUT2D eigenvalue weighted by molar-refractivity contribution is 7.89. The maximum Gasteiger partial charge on any atom is 0.277 e. The molecule has 8 nitrogen and oxygen atoms in total. The second-order valence-electron chi connectivity index (χ2n) is 7.11. The maximum atomic E-state index is 12.8. The Morgan fingerprint density at radius 1 is 1.08 bits per heavy atom. The Bertz CT molecular complexity index is 884. The lowest BCUT2D eigenvalue weighted by molar-refractivity contribution is 0.305. The Balaban J connectivity index is 1.50. The van der Waals surface area contributed by atoms with Crippen molar-refractivity contribution in [2.24, 2.45) is 7.05 Å². The van der Waals surface area contributed by atoms with Gasteiger partial charge in [-0.25, -0.2) is 23.4 Å². The predicted molar refractivity (Wildman–Crippen MR) is 97.3 cm³/mol. The summed E-state index contributed by atoms with van der Waals surface area (Å²) in [7, 11) is -1.83. The number of hydrogen-bond donors (Lipinski definition) is 0. The summed E-state index contributed by atoms with van der Waals surface area (Å²) in [4.78, 5) is 15.1. The van der Waals surface area contributed by atoms with Gasteiger partial charge in [0.1, 0.15) is 12.1 Å². The first-order valence-corrected chi connectivity index (χ1v) is 10.5. The fourth-order valence-electron chi connectivity index (χ4n) is 3.68. The summed E-state index contributed by atoms with van der Waals surface area (Å²) in [6.45, 7) is 2.98. The van der Waals surface area contributed by atoms with Gasteiger partial charge in [0, 0.05) is 56.4 Å². The van der Waals surface area contributed by atoms with Crippen molar-refractivity contribution >= 4 is 15.8 Å². The zero-order valence-corrected chi connectivity index (χ0v) is 15.9. The van der Waals surface area contributed by atoms with Gasteiger partial charge < -0.3 is 9.47 Å². The van der Waals surface area contributed by atoms with E-state index in [0.29, 0.717) is 25.2 Å². The Hall–Kier alpha value is -2.00. The highest BCUT2D eigenvalue weighted by Gasteiger charge is 2.39. The van der Waals surface area contributed by atoms with Crippen molar-refractivity contribution in [3.8, 4) is 0 Å². The molecule has 0 bridgehead atoms. The number of aryl methyl sites for hydroxylation is 2. The summed E-state index contributed by atoms with van der Waals surface area (Å²) in [5.41, 5.74) is 0.954. The topological polar surface area (TPSA) is 84.2 Å². The van der Waals surface area contributed by atoms with E-state index in [9.17, 15) is 8.42 Å². The van der Waals surface area contributed by atoms with Crippen LogP contribution in [0.15, 0.2) is 29.9 Å². The standard InChI is InChI=1S/C17H24N6O2S/c1-13-11-16(20-12-19-13)23(14-3-4-14)15-5-8-22(9-6-15)26(24,25)17-18-7-10-21(17)2/h7,10-12,14-15H,3-6,8-9H2,1-2H3. The Morgan fingerprint density at radius 2 is 1.77 bits per heavy atom. The van der Waals surface area contributed by atoms with Gasteiger partial charge >= 0.3 is 0 Å². The van der Waals surface area contributed by atoms with Gasteiger partial charge in [-0.3, -0.25) is 0 Å². The third-order valence-electron chi connectivity index (χ3n) is 5.16.